The van der Waals surface area contributed by atoms with Crippen molar-refractivity contribution in [2.75, 3.05) is 4.90 Å². The van der Waals surface area contributed by atoms with Gasteiger partial charge in [-0.1, -0.05) is 375 Å². The molecule has 19 aromatic carbocycles. The van der Waals surface area contributed by atoms with Gasteiger partial charge in [-0.25, -0.2) is 0 Å². The summed E-state index contributed by atoms with van der Waals surface area (Å²) < 4.78 is 156. The Kier molecular flexibility index (Phi) is 12.0. The largest absolute Gasteiger partial charge is 0.310 e. The molecule has 0 bridgehead atoms. The number of para-hydroxylation sites is 5. The second-order valence-corrected chi connectivity index (χ2v) is 33.4. The van der Waals surface area contributed by atoms with Crippen molar-refractivity contribution < 1.29 is 21.9 Å². The maximum Gasteiger partial charge on any atom is 0.249 e. The van der Waals surface area contributed by atoms with Crippen LogP contribution in [0.4, 0.5) is 17.1 Å². The second kappa shape index (κ2) is 26.8. The van der Waals surface area contributed by atoms with E-state index in [-0.39, 0.29) is 56.1 Å². The van der Waals surface area contributed by atoms with Crippen LogP contribution in [0.2, 0.25) is 0 Å². The topological polar surface area (TPSA) is 13.1 Å². The molecule has 0 saturated carbocycles. The third-order valence-corrected chi connectivity index (χ3v) is 27.6. The molecule has 0 unspecified atom stereocenters. The molecule has 3 aliphatic carbocycles. The van der Waals surface area contributed by atoms with Crippen LogP contribution in [0, 0.1) is 0 Å². The Labute approximate surface area is 735 Å². The Bertz CT molecular complexity index is 8550. The van der Waals surface area contributed by atoms with Crippen molar-refractivity contribution >= 4 is 95.5 Å². The van der Waals surface area contributed by atoms with Gasteiger partial charge in [-0.2, -0.15) is 0 Å². The van der Waals surface area contributed by atoms with Gasteiger partial charge in [-0.3, -0.25) is 0 Å². The Morgan fingerprint density at radius 3 is 1.34 bits per heavy atom. The van der Waals surface area contributed by atoms with Crippen LogP contribution in [0.15, 0.2) is 452 Å². The van der Waals surface area contributed by atoms with E-state index in [2.05, 4.69) is 313 Å². The van der Waals surface area contributed by atoms with Crippen LogP contribution in [0.5, 0.6) is 0 Å². The van der Waals surface area contributed by atoms with Gasteiger partial charge in [0.15, 0.2) is 0 Å². The van der Waals surface area contributed by atoms with Crippen molar-refractivity contribution in [2.24, 2.45) is 0 Å². The van der Waals surface area contributed by atoms with Crippen molar-refractivity contribution in [3.05, 3.63) is 504 Å². The lowest BCUT2D eigenvalue weighted by molar-refractivity contribution is 0.768. The summed E-state index contributed by atoms with van der Waals surface area (Å²) in [6.45, 7) is -0.705. The number of rotatable bonds is 11. The minimum absolute atomic E-state index is 0.00872. The van der Waals surface area contributed by atoms with E-state index >= 15 is 0 Å². The summed E-state index contributed by atoms with van der Waals surface area (Å²) in [7, 11) is 0. The molecular formula is C117H74BN3S. The molecule has 566 valence electrons. The highest BCUT2D eigenvalue weighted by molar-refractivity contribution is 8.00. The SMILES string of the molecule is [2H]c1c([2H])c([2H])c2c(c1[2H])-c1c([2H])c([2H])c([2H])c([2H])c1C2c1ccc2c(c1)N(c1c(-c3ccc4c(c3)-c3ccccc3C4(c3ccccc3)c3ccccc3)cccc1-c1ccc3c(c1)-c1ccccc1C3(c1ccccc1)c1ccccc1)c1cc(-c3ccc4c(c3)c3ccccc3n4-c3ccccc3)cc3c1B2c1ccc(-n2c4c([2H])c([2H])c([2H])c([2H])c4c4c([2H])c([2H])c([2H])c([2H])c42)cc1S3. The number of aromatic nitrogens is 2. The Hall–Kier alpha value is -15.0. The molecule has 0 saturated heterocycles. The van der Waals surface area contributed by atoms with Crippen LogP contribution in [-0.2, 0) is 10.8 Å². The van der Waals surface area contributed by atoms with Gasteiger partial charge in [0.25, 0.3) is 0 Å². The van der Waals surface area contributed by atoms with Crippen LogP contribution in [0.3, 0.4) is 0 Å². The number of benzene rings is 19. The molecule has 21 aromatic rings. The molecule has 2 aromatic heterocycles. The maximum absolute atomic E-state index is 10.1. The normalized spacial score (nSPS) is 15.8. The van der Waals surface area contributed by atoms with E-state index in [0.29, 0.717) is 21.8 Å². The Balaban J connectivity index is 0.807. The summed E-state index contributed by atoms with van der Waals surface area (Å²) in [6.07, 6.45) is 0. The highest BCUT2D eigenvalue weighted by Gasteiger charge is 2.50. The minimum atomic E-state index is -1.23. The highest BCUT2D eigenvalue weighted by Crippen LogP contribution is 2.61. The first kappa shape index (κ1) is 54.9. The van der Waals surface area contributed by atoms with Gasteiger partial charge in [0.05, 0.1) is 60.5 Å². The third kappa shape index (κ3) is 9.77. The van der Waals surface area contributed by atoms with E-state index in [9.17, 15) is 19.2 Å². The van der Waals surface area contributed by atoms with Crippen molar-refractivity contribution in [2.45, 2.75) is 26.5 Å². The molecule has 0 spiro atoms. The van der Waals surface area contributed by atoms with Crippen LogP contribution < -0.4 is 21.3 Å². The first-order valence-corrected chi connectivity index (χ1v) is 42.1. The quantitative estimate of drug-likeness (QED) is 0.120. The van der Waals surface area contributed by atoms with E-state index in [0.717, 1.165) is 160 Å². The number of anilines is 3. The summed E-state index contributed by atoms with van der Waals surface area (Å²) in [6, 6.07) is 115. The molecule has 4 heterocycles. The molecular weight excluding hydrogens is 1490 g/mol. The van der Waals surface area contributed by atoms with E-state index in [1.165, 1.54) is 11.8 Å². The summed E-state index contributed by atoms with van der Waals surface area (Å²) in [5.41, 5.74) is 25.2. The molecule has 0 amide bonds. The summed E-state index contributed by atoms with van der Waals surface area (Å²) >= 11 is 1.52. The van der Waals surface area contributed by atoms with Crippen LogP contribution in [0.25, 0.3) is 122 Å². The predicted octanol–water partition coefficient (Wildman–Crippen LogP) is 27.5. The standard InChI is InChI=1S/C117H74BN3S/c1-6-31-79(32-7-1)116(80-33-8-2-9-34-80)99-52-25-20-43-89(99)96-68-75(57-62-101(96)116)85-50-30-51-86(76-58-63-102-97(69-76)90-44-21-26-53-100(90)117(102,81-35-10-3-11-36-81)82-37-12-4-13-38-82)115(85)121-109-70-77(113-94-48-18-16-41-87(94)88-42-17-19-49-95(88)113)59-64-103(109)118-104-65-61-84(120-105-54-27-22-45-91(105)92-46-23-28-55-106(92)120)73-111(104)122-112-72-78(71-110(121)114(112)118)74-60-66-108-98(67-74)93-47-24-29-56-107(93)119(108)83-39-14-5-15-40-83/h1-73,113H/i16D,17D,18D,19D,22D,23D,27D,28D,41D,42D,45D,46D,48D,49D,54D,55D. The molecule has 5 heteroatoms. The fraction of sp³-hybridized carbons (Fsp3) is 0.0256. The van der Waals surface area contributed by atoms with E-state index in [1.807, 2.05) is 42.5 Å². The van der Waals surface area contributed by atoms with Gasteiger partial charge in [0.1, 0.15) is 0 Å². The molecule has 2 aliphatic heterocycles. The van der Waals surface area contributed by atoms with Gasteiger partial charge >= 0.3 is 0 Å². The molecule has 0 N–H and O–H groups in total. The number of hydrogen-bond donors (Lipinski definition) is 0. The number of hydrogen-bond acceptors (Lipinski definition) is 2. The molecule has 26 rings (SSSR count). The molecule has 5 aliphatic rings. The van der Waals surface area contributed by atoms with Crippen molar-refractivity contribution in [1.29, 1.82) is 0 Å². The first-order valence-electron chi connectivity index (χ1n) is 49.3. The van der Waals surface area contributed by atoms with Gasteiger partial charge in [0, 0.05) is 71.1 Å². The summed E-state index contributed by atoms with van der Waals surface area (Å²) in [5.74, 6) is -1.23. The van der Waals surface area contributed by atoms with Crippen molar-refractivity contribution in [3.8, 4) is 78.1 Å². The lowest BCUT2D eigenvalue weighted by Gasteiger charge is -2.42. The summed E-state index contributed by atoms with van der Waals surface area (Å²) in [5, 5.41) is 1.92. The summed E-state index contributed by atoms with van der Waals surface area (Å²) in [4.78, 5) is 3.94. The monoisotopic (exact) mass is 1580 g/mol. The highest BCUT2D eigenvalue weighted by atomic mass is 32.2. The Morgan fingerprint density at radius 1 is 0.279 bits per heavy atom. The van der Waals surface area contributed by atoms with E-state index < -0.39 is 108 Å². The molecule has 0 fully saturated rings. The lowest BCUT2D eigenvalue weighted by atomic mass is 9.34. The molecule has 122 heavy (non-hydrogen) atoms. The second-order valence-electron chi connectivity index (χ2n) is 32.3. The van der Waals surface area contributed by atoms with Crippen molar-refractivity contribution in [3.63, 3.8) is 0 Å². The number of fused-ring (bicyclic) bond motifs is 19. The lowest BCUT2D eigenvalue weighted by Crippen LogP contribution is -2.60. The van der Waals surface area contributed by atoms with Crippen LogP contribution in [0.1, 0.15) is 89.0 Å². The van der Waals surface area contributed by atoms with Crippen LogP contribution in [-0.4, -0.2) is 15.8 Å². The van der Waals surface area contributed by atoms with Crippen LogP contribution >= 0.6 is 11.8 Å². The first-order chi connectivity index (χ1) is 67.2. The third-order valence-electron chi connectivity index (χ3n) is 26.5. The zero-order valence-corrected chi connectivity index (χ0v) is 66.1. The Morgan fingerprint density at radius 2 is 0.754 bits per heavy atom. The van der Waals surface area contributed by atoms with Gasteiger partial charge in [0.2, 0.25) is 6.71 Å². The number of nitrogens with zero attached hydrogens (tertiary/aromatic N) is 3. The molecule has 0 atom stereocenters. The van der Waals surface area contributed by atoms with E-state index in [4.69, 9.17) is 2.74 Å². The average Bonchev–Trinajstić information content (AvgIpc) is 0.876. The minimum Gasteiger partial charge on any atom is -0.310 e. The fourth-order valence-corrected chi connectivity index (χ4v) is 22.8. The average molecular weight is 1580 g/mol. The molecule has 3 nitrogen and oxygen atoms in total. The smallest absolute Gasteiger partial charge is 0.249 e. The van der Waals surface area contributed by atoms with Gasteiger partial charge < -0.3 is 14.0 Å². The molecule has 0 radical (unpaired) electrons. The van der Waals surface area contributed by atoms with Gasteiger partial charge in [-0.15, -0.1) is 0 Å². The fourth-order valence-electron chi connectivity index (χ4n) is 21.6. The maximum atomic E-state index is 10.1. The van der Waals surface area contributed by atoms with Gasteiger partial charge in [-0.05, 0) is 213 Å². The predicted molar refractivity (Wildman–Crippen MR) is 509 cm³/mol. The van der Waals surface area contributed by atoms with E-state index in [1.54, 1.807) is 4.57 Å². The zero-order chi connectivity index (χ0) is 93.8. The van der Waals surface area contributed by atoms with Crippen molar-refractivity contribution in [1.82, 2.24) is 9.13 Å². The zero-order valence-electron chi connectivity index (χ0n) is 81.3.